The molecule has 0 bridgehead atoms. The van der Waals surface area contributed by atoms with Crippen molar-refractivity contribution in [2.24, 2.45) is 0 Å². The van der Waals surface area contributed by atoms with Crippen molar-refractivity contribution in [1.29, 1.82) is 0 Å². The Bertz CT molecular complexity index is 406. The Morgan fingerprint density at radius 3 is 2.39 bits per heavy atom. The van der Waals surface area contributed by atoms with Crippen molar-refractivity contribution < 1.29 is 14.6 Å². The third kappa shape index (κ3) is 3.82. The molecule has 0 aliphatic heterocycles. The van der Waals surface area contributed by atoms with E-state index in [1.165, 1.54) is 7.11 Å². The summed E-state index contributed by atoms with van der Waals surface area (Å²) in [6, 6.07) is 3.96. The molecule has 1 aromatic carbocycles. The summed E-state index contributed by atoms with van der Waals surface area (Å²) in [5.74, 6) is -0.153. The average Bonchev–Trinajstić information content (AvgIpc) is 2.25. The molecule has 2 N–H and O–H groups in total. The van der Waals surface area contributed by atoms with Crippen LogP contribution in [0.1, 0.15) is 27.0 Å². The highest BCUT2D eigenvalue weighted by Crippen LogP contribution is 2.16. The predicted octanol–water partition coefficient (Wildman–Crippen LogP) is 1.35. The van der Waals surface area contributed by atoms with Crippen LogP contribution in [0, 0.1) is 20.8 Å². The van der Waals surface area contributed by atoms with Crippen molar-refractivity contribution in [3.63, 3.8) is 0 Å². The molecule has 18 heavy (non-hydrogen) atoms. The van der Waals surface area contributed by atoms with E-state index in [2.05, 4.69) is 5.32 Å². The Morgan fingerprint density at radius 1 is 1.33 bits per heavy atom. The van der Waals surface area contributed by atoms with Crippen LogP contribution in [0.25, 0.3) is 0 Å². The maximum Gasteiger partial charge on any atom is 0.251 e. The fraction of sp³-hybridized carbons (Fsp3) is 0.500. The number of hydrogen-bond acceptors (Lipinski definition) is 3. The average molecular weight is 251 g/mol. The summed E-state index contributed by atoms with van der Waals surface area (Å²) >= 11 is 0. The molecule has 0 aromatic heterocycles. The van der Waals surface area contributed by atoms with Crippen molar-refractivity contribution in [2.45, 2.75) is 26.9 Å². The number of nitrogens with one attached hydrogen (secondary N) is 1. The highest BCUT2D eigenvalue weighted by atomic mass is 16.5. The first kappa shape index (κ1) is 14.7. The van der Waals surface area contributed by atoms with Gasteiger partial charge >= 0.3 is 0 Å². The molecule has 0 aliphatic rings. The minimum Gasteiger partial charge on any atom is -0.389 e. The molecule has 0 aliphatic carbocycles. The lowest BCUT2D eigenvalue weighted by atomic mass is 9.99. The monoisotopic (exact) mass is 251 g/mol. The third-order valence-corrected chi connectivity index (χ3v) is 2.76. The normalized spacial score (nSPS) is 12.3. The largest absolute Gasteiger partial charge is 0.389 e. The van der Waals surface area contributed by atoms with Gasteiger partial charge in [-0.25, -0.2) is 0 Å². The molecule has 4 heteroatoms. The molecule has 1 aromatic rings. The zero-order valence-corrected chi connectivity index (χ0v) is 11.4. The Hall–Kier alpha value is -1.39. The minimum atomic E-state index is -0.676. The zero-order chi connectivity index (χ0) is 13.7. The number of carbonyl (C=O) groups is 1. The predicted molar refractivity (Wildman–Crippen MR) is 70.9 cm³/mol. The molecule has 0 radical (unpaired) electrons. The number of aryl methyl sites for hydroxylation is 3. The summed E-state index contributed by atoms with van der Waals surface area (Å²) in [6.07, 6.45) is -0.676. The summed E-state index contributed by atoms with van der Waals surface area (Å²) in [6.45, 7) is 6.25. The highest BCUT2D eigenvalue weighted by Gasteiger charge is 2.13. The summed E-state index contributed by atoms with van der Waals surface area (Å²) in [4.78, 5) is 12.0. The zero-order valence-electron chi connectivity index (χ0n) is 11.4. The van der Waals surface area contributed by atoms with Crippen LogP contribution in [0.2, 0.25) is 0 Å². The van der Waals surface area contributed by atoms with Crippen LogP contribution in [-0.2, 0) is 4.74 Å². The van der Waals surface area contributed by atoms with Crippen LogP contribution in [0.3, 0.4) is 0 Å². The molecule has 1 unspecified atom stereocenters. The van der Waals surface area contributed by atoms with Crippen LogP contribution in [0.4, 0.5) is 0 Å². The lowest BCUT2D eigenvalue weighted by molar-refractivity contribution is 0.0609. The van der Waals surface area contributed by atoms with Gasteiger partial charge < -0.3 is 15.2 Å². The molecule has 1 atom stereocenters. The van der Waals surface area contributed by atoms with E-state index in [4.69, 9.17) is 4.74 Å². The molecule has 100 valence electrons. The molecule has 0 heterocycles. The maximum atomic E-state index is 12.0. The van der Waals surface area contributed by atoms with Crippen LogP contribution >= 0.6 is 0 Å². The van der Waals surface area contributed by atoms with E-state index in [1.807, 2.05) is 32.9 Å². The van der Waals surface area contributed by atoms with Gasteiger partial charge in [-0.3, -0.25) is 4.79 Å². The van der Waals surface area contributed by atoms with Crippen LogP contribution in [0.5, 0.6) is 0 Å². The molecule has 1 amide bonds. The van der Waals surface area contributed by atoms with Gasteiger partial charge in [-0.1, -0.05) is 17.7 Å². The summed E-state index contributed by atoms with van der Waals surface area (Å²) in [5, 5.41) is 12.2. The second-order valence-corrected chi connectivity index (χ2v) is 4.59. The number of aliphatic hydroxyl groups is 1. The highest BCUT2D eigenvalue weighted by molar-refractivity contribution is 5.97. The molecule has 0 spiro atoms. The molecule has 4 nitrogen and oxygen atoms in total. The van der Waals surface area contributed by atoms with Crippen molar-refractivity contribution >= 4 is 5.91 Å². The maximum absolute atomic E-state index is 12.0. The summed E-state index contributed by atoms with van der Waals surface area (Å²) in [7, 11) is 1.51. The first-order valence-corrected chi connectivity index (χ1v) is 5.98. The molecule has 1 rings (SSSR count). The van der Waals surface area contributed by atoms with Gasteiger partial charge in [0.15, 0.2) is 0 Å². The SMILES string of the molecule is COCC(O)CNC(=O)c1c(C)cc(C)cc1C. The standard InChI is InChI=1S/C14H21NO3/c1-9-5-10(2)13(11(3)6-9)14(17)15-7-12(16)8-18-4/h5-6,12,16H,7-8H2,1-4H3,(H,15,17). The number of methoxy groups -OCH3 is 1. The van der Waals surface area contributed by atoms with Gasteiger partial charge in [-0.2, -0.15) is 0 Å². The quantitative estimate of drug-likeness (QED) is 0.830. The van der Waals surface area contributed by atoms with E-state index in [0.717, 1.165) is 16.7 Å². The van der Waals surface area contributed by atoms with Crippen LogP contribution < -0.4 is 5.32 Å². The van der Waals surface area contributed by atoms with E-state index in [0.29, 0.717) is 5.56 Å². The first-order valence-electron chi connectivity index (χ1n) is 5.98. The summed E-state index contributed by atoms with van der Waals surface area (Å²) in [5.41, 5.74) is 3.73. The van der Waals surface area contributed by atoms with Gasteiger partial charge in [0.2, 0.25) is 0 Å². The number of benzene rings is 1. The number of aliphatic hydroxyl groups excluding tert-OH is 1. The first-order chi connectivity index (χ1) is 8.45. The van der Waals surface area contributed by atoms with Gasteiger partial charge in [0.05, 0.1) is 12.7 Å². The second-order valence-electron chi connectivity index (χ2n) is 4.59. The Balaban J connectivity index is 2.73. The fourth-order valence-electron chi connectivity index (χ4n) is 2.09. The van der Waals surface area contributed by atoms with Crippen LogP contribution in [-0.4, -0.2) is 37.4 Å². The van der Waals surface area contributed by atoms with E-state index in [1.54, 1.807) is 0 Å². The minimum absolute atomic E-state index is 0.153. The second kappa shape index (κ2) is 6.52. The number of carbonyl (C=O) groups excluding carboxylic acids is 1. The van der Waals surface area contributed by atoms with Gasteiger partial charge in [0.1, 0.15) is 0 Å². The third-order valence-electron chi connectivity index (χ3n) is 2.76. The number of amides is 1. The van der Waals surface area contributed by atoms with Gasteiger partial charge in [-0.15, -0.1) is 0 Å². The number of hydrogen-bond donors (Lipinski definition) is 2. The lowest BCUT2D eigenvalue weighted by Gasteiger charge is -2.14. The van der Waals surface area contributed by atoms with Crippen molar-refractivity contribution in [3.8, 4) is 0 Å². The van der Waals surface area contributed by atoms with Crippen molar-refractivity contribution in [2.75, 3.05) is 20.3 Å². The van der Waals surface area contributed by atoms with E-state index in [9.17, 15) is 9.90 Å². The Morgan fingerprint density at radius 2 is 1.89 bits per heavy atom. The molecule has 0 fully saturated rings. The fourth-order valence-corrected chi connectivity index (χ4v) is 2.09. The summed E-state index contributed by atoms with van der Waals surface area (Å²) < 4.78 is 4.80. The van der Waals surface area contributed by atoms with Crippen molar-refractivity contribution in [3.05, 3.63) is 34.4 Å². The van der Waals surface area contributed by atoms with Crippen molar-refractivity contribution in [1.82, 2.24) is 5.32 Å². The Labute approximate surface area is 108 Å². The number of rotatable bonds is 5. The molecule has 0 saturated carbocycles. The molecular weight excluding hydrogens is 230 g/mol. The number of ether oxygens (including phenoxy) is 1. The van der Waals surface area contributed by atoms with Gasteiger partial charge in [0.25, 0.3) is 5.91 Å². The smallest absolute Gasteiger partial charge is 0.251 e. The topological polar surface area (TPSA) is 58.6 Å². The van der Waals surface area contributed by atoms with Gasteiger partial charge in [-0.05, 0) is 31.9 Å². The molecular formula is C14H21NO3. The van der Waals surface area contributed by atoms with E-state index >= 15 is 0 Å². The Kier molecular flexibility index (Phi) is 5.31. The van der Waals surface area contributed by atoms with Crippen LogP contribution in [0.15, 0.2) is 12.1 Å². The van der Waals surface area contributed by atoms with Gasteiger partial charge in [0, 0.05) is 19.2 Å². The molecule has 0 saturated heterocycles. The van der Waals surface area contributed by atoms with E-state index < -0.39 is 6.10 Å². The van der Waals surface area contributed by atoms with E-state index in [-0.39, 0.29) is 19.1 Å². The lowest BCUT2D eigenvalue weighted by Crippen LogP contribution is -2.35.